The number of carbonyl (C=O) groups is 2. The molecular weight excluding hydrogens is 268 g/mol. The molecule has 1 saturated heterocycles. The van der Waals surface area contributed by atoms with Crippen molar-refractivity contribution in [2.24, 2.45) is 5.92 Å². The molecule has 0 radical (unpaired) electrons. The number of hydrogen-bond donors (Lipinski definition) is 1. The lowest BCUT2D eigenvalue weighted by atomic mass is 9.99. The van der Waals surface area contributed by atoms with Crippen LogP contribution in [0.5, 0.6) is 5.75 Å². The molecule has 5 heteroatoms. The number of ether oxygens (including phenoxy) is 1. The lowest BCUT2D eigenvalue weighted by Gasteiger charge is -2.36. The minimum Gasteiger partial charge on any atom is -0.496 e. The fourth-order valence-electron chi connectivity index (χ4n) is 2.61. The standard InChI is InChI=1S/C16H22N2O3/c1-11(2)10-13-15(19)17-8-9-18(13)16(20)12-6-4-5-7-14(12)21-3/h4-7,11,13H,8-10H2,1-3H3,(H,17,19)/t13-/m0/s1. The van der Waals surface area contributed by atoms with Crippen LogP contribution in [-0.4, -0.2) is 43.0 Å². The van der Waals surface area contributed by atoms with Crippen molar-refractivity contribution >= 4 is 11.8 Å². The molecule has 5 nitrogen and oxygen atoms in total. The van der Waals surface area contributed by atoms with Crippen LogP contribution in [0.3, 0.4) is 0 Å². The predicted molar refractivity (Wildman–Crippen MR) is 80.3 cm³/mol. The van der Waals surface area contributed by atoms with Crippen LogP contribution in [0, 0.1) is 5.92 Å². The van der Waals surface area contributed by atoms with Gasteiger partial charge in [0.05, 0.1) is 12.7 Å². The maximum absolute atomic E-state index is 12.8. The molecule has 0 aromatic heterocycles. The Labute approximate surface area is 125 Å². The van der Waals surface area contributed by atoms with Gasteiger partial charge in [0.15, 0.2) is 0 Å². The third-order valence-corrected chi connectivity index (χ3v) is 3.62. The predicted octanol–water partition coefficient (Wildman–Crippen LogP) is 1.68. The molecule has 1 fully saturated rings. The van der Waals surface area contributed by atoms with Gasteiger partial charge in [0.1, 0.15) is 11.8 Å². The van der Waals surface area contributed by atoms with Crippen molar-refractivity contribution in [3.8, 4) is 5.75 Å². The van der Waals surface area contributed by atoms with Crippen LogP contribution in [0.15, 0.2) is 24.3 Å². The largest absolute Gasteiger partial charge is 0.496 e. The van der Waals surface area contributed by atoms with Gasteiger partial charge in [0.25, 0.3) is 5.91 Å². The third kappa shape index (κ3) is 3.35. The van der Waals surface area contributed by atoms with Gasteiger partial charge in [-0.3, -0.25) is 9.59 Å². The molecule has 0 spiro atoms. The Hall–Kier alpha value is -2.04. The van der Waals surface area contributed by atoms with E-state index in [0.29, 0.717) is 36.7 Å². The first-order valence-electron chi connectivity index (χ1n) is 7.26. The van der Waals surface area contributed by atoms with E-state index < -0.39 is 6.04 Å². The van der Waals surface area contributed by atoms with Gasteiger partial charge >= 0.3 is 0 Å². The third-order valence-electron chi connectivity index (χ3n) is 3.62. The Morgan fingerprint density at radius 1 is 1.43 bits per heavy atom. The quantitative estimate of drug-likeness (QED) is 0.918. The molecule has 1 aromatic carbocycles. The van der Waals surface area contributed by atoms with Crippen LogP contribution in [0.4, 0.5) is 0 Å². The van der Waals surface area contributed by atoms with E-state index in [1.165, 1.54) is 0 Å². The second kappa shape index (κ2) is 6.61. The molecule has 1 N–H and O–H groups in total. The Kier molecular flexibility index (Phi) is 4.83. The Bertz CT molecular complexity index is 528. The molecule has 1 aromatic rings. The molecule has 0 saturated carbocycles. The van der Waals surface area contributed by atoms with E-state index in [4.69, 9.17) is 4.74 Å². The monoisotopic (exact) mass is 290 g/mol. The lowest BCUT2D eigenvalue weighted by Crippen LogP contribution is -2.57. The number of nitrogens with one attached hydrogen (secondary N) is 1. The average molecular weight is 290 g/mol. The molecule has 1 aliphatic heterocycles. The van der Waals surface area contributed by atoms with Crippen LogP contribution < -0.4 is 10.1 Å². The van der Waals surface area contributed by atoms with Gasteiger partial charge in [-0.25, -0.2) is 0 Å². The van der Waals surface area contributed by atoms with E-state index in [2.05, 4.69) is 5.32 Å². The maximum Gasteiger partial charge on any atom is 0.258 e. The molecule has 1 heterocycles. The number of amides is 2. The van der Waals surface area contributed by atoms with Gasteiger partial charge in [-0.15, -0.1) is 0 Å². The molecule has 2 amide bonds. The van der Waals surface area contributed by atoms with E-state index in [9.17, 15) is 9.59 Å². The summed E-state index contributed by atoms with van der Waals surface area (Å²) in [5, 5.41) is 2.84. The highest BCUT2D eigenvalue weighted by Crippen LogP contribution is 2.23. The van der Waals surface area contributed by atoms with Gasteiger partial charge in [0, 0.05) is 13.1 Å². The summed E-state index contributed by atoms with van der Waals surface area (Å²) in [6.45, 7) is 5.12. The van der Waals surface area contributed by atoms with Crippen molar-refractivity contribution in [3.63, 3.8) is 0 Å². The number of piperazine rings is 1. The number of methoxy groups -OCH3 is 1. The second-order valence-electron chi connectivity index (χ2n) is 5.64. The van der Waals surface area contributed by atoms with Crippen molar-refractivity contribution in [3.05, 3.63) is 29.8 Å². The summed E-state index contributed by atoms with van der Waals surface area (Å²) >= 11 is 0. The van der Waals surface area contributed by atoms with Gasteiger partial charge in [-0.05, 0) is 24.5 Å². The SMILES string of the molecule is COc1ccccc1C(=O)N1CCNC(=O)[C@@H]1CC(C)C. The Morgan fingerprint density at radius 2 is 2.14 bits per heavy atom. The number of rotatable bonds is 4. The van der Waals surface area contributed by atoms with Crippen molar-refractivity contribution < 1.29 is 14.3 Å². The Balaban J connectivity index is 2.28. The fourth-order valence-corrected chi connectivity index (χ4v) is 2.61. The molecule has 21 heavy (non-hydrogen) atoms. The smallest absolute Gasteiger partial charge is 0.258 e. The zero-order chi connectivity index (χ0) is 15.4. The molecule has 0 bridgehead atoms. The number of para-hydroxylation sites is 1. The topological polar surface area (TPSA) is 58.6 Å². The summed E-state index contributed by atoms with van der Waals surface area (Å²) in [7, 11) is 1.54. The van der Waals surface area contributed by atoms with Gasteiger partial charge in [-0.1, -0.05) is 26.0 Å². The molecule has 1 aliphatic rings. The minimum atomic E-state index is -0.406. The van der Waals surface area contributed by atoms with E-state index in [-0.39, 0.29) is 11.8 Å². The molecule has 2 rings (SSSR count). The van der Waals surface area contributed by atoms with Crippen molar-refractivity contribution in [2.75, 3.05) is 20.2 Å². The van der Waals surface area contributed by atoms with Crippen LogP contribution in [0.25, 0.3) is 0 Å². The van der Waals surface area contributed by atoms with E-state index in [1.807, 2.05) is 19.9 Å². The zero-order valence-corrected chi connectivity index (χ0v) is 12.8. The zero-order valence-electron chi connectivity index (χ0n) is 12.8. The molecule has 0 unspecified atom stereocenters. The van der Waals surface area contributed by atoms with E-state index >= 15 is 0 Å². The first-order valence-corrected chi connectivity index (χ1v) is 7.26. The lowest BCUT2D eigenvalue weighted by molar-refractivity contribution is -0.128. The minimum absolute atomic E-state index is 0.0711. The molecule has 0 aliphatic carbocycles. The highest BCUT2D eigenvalue weighted by molar-refractivity contribution is 6.00. The summed E-state index contributed by atoms with van der Waals surface area (Å²) in [5.41, 5.74) is 0.503. The van der Waals surface area contributed by atoms with Crippen molar-refractivity contribution in [1.29, 1.82) is 0 Å². The van der Waals surface area contributed by atoms with Crippen LogP contribution >= 0.6 is 0 Å². The number of hydrogen-bond acceptors (Lipinski definition) is 3. The van der Waals surface area contributed by atoms with Crippen LogP contribution in [-0.2, 0) is 4.79 Å². The maximum atomic E-state index is 12.8. The molecular formula is C16H22N2O3. The number of benzene rings is 1. The number of nitrogens with zero attached hydrogens (tertiary/aromatic N) is 1. The van der Waals surface area contributed by atoms with Crippen molar-refractivity contribution in [1.82, 2.24) is 10.2 Å². The molecule has 114 valence electrons. The summed E-state index contributed by atoms with van der Waals surface area (Å²) in [5.74, 6) is 0.662. The summed E-state index contributed by atoms with van der Waals surface area (Å²) in [6, 6.07) is 6.71. The van der Waals surface area contributed by atoms with E-state index in [1.54, 1.807) is 30.2 Å². The second-order valence-corrected chi connectivity index (χ2v) is 5.64. The highest BCUT2D eigenvalue weighted by atomic mass is 16.5. The van der Waals surface area contributed by atoms with E-state index in [0.717, 1.165) is 0 Å². The number of carbonyl (C=O) groups excluding carboxylic acids is 2. The van der Waals surface area contributed by atoms with Crippen LogP contribution in [0.2, 0.25) is 0 Å². The van der Waals surface area contributed by atoms with Crippen molar-refractivity contribution in [2.45, 2.75) is 26.3 Å². The molecule has 1 atom stereocenters. The summed E-state index contributed by atoms with van der Waals surface area (Å²) < 4.78 is 5.25. The first kappa shape index (κ1) is 15.4. The van der Waals surface area contributed by atoms with Gasteiger partial charge < -0.3 is 15.0 Å². The Morgan fingerprint density at radius 3 is 2.81 bits per heavy atom. The summed E-state index contributed by atoms with van der Waals surface area (Å²) in [6.07, 6.45) is 0.659. The normalized spacial score (nSPS) is 18.6. The van der Waals surface area contributed by atoms with Gasteiger partial charge in [-0.2, -0.15) is 0 Å². The average Bonchev–Trinajstić information content (AvgIpc) is 2.48. The highest BCUT2D eigenvalue weighted by Gasteiger charge is 2.34. The fraction of sp³-hybridized carbons (Fsp3) is 0.500. The first-order chi connectivity index (χ1) is 10.0. The summed E-state index contributed by atoms with van der Waals surface area (Å²) in [4.78, 5) is 26.5. The van der Waals surface area contributed by atoms with Gasteiger partial charge in [0.2, 0.25) is 5.91 Å². The van der Waals surface area contributed by atoms with Crippen LogP contribution in [0.1, 0.15) is 30.6 Å².